The number of hydrogen-bond donors (Lipinski definition) is 0. The standard InChI is InChI=1S/C14H17N3O2/c1-14(2,9-13(18)19-3)17-15-10-12(16-17)11-7-5-4-6-8-11/h4-8,10H,9H2,1-3H3. The minimum atomic E-state index is -0.514. The van der Waals surface area contributed by atoms with Crippen LogP contribution in [-0.4, -0.2) is 28.1 Å². The van der Waals surface area contributed by atoms with Crippen LogP contribution in [0.1, 0.15) is 20.3 Å². The summed E-state index contributed by atoms with van der Waals surface area (Å²) < 4.78 is 4.69. The molecule has 100 valence electrons. The summed E-state index contributed by atoms with van der Waals surface area (Å²) in [6, 6.07) is 9.81. The van der Waals surface area contributed by atoms with Gasteiger partial charge in [0.2, 0.25) is 0 Å². The minimum absolute atomic E-state index is 0.229. The highest BCUT2D eigenvalue weighted by molar-refractivity contribution is 5.70. The maximum atomic E-state index is 11.4. The molecule has 0 saturated heterocycles. The third-order valence-corrected chi connectivity index (χ3v) is 2.91. The van der Waals surface area contributed by atoms with Gasteiger partial charge in [-0.3, -0.25) is 4.79 Å². The zero-order valence-electron chi connectivity index (χ0n) is 11.3. The molecule has 0 fully saturated rings. The Morgan fingerprint density at radius 2 is 2.00 bits per heavy atom. The number of carbonyl (C=O) groups excluding carboxylic acids is 1. The minimum Gasteiger partial charge on any atom is -0.469 e. The number of ether oxygens (including phenoxy) is 1. The van der Waals surface area contributed by atoms with Crippen molar-refractivity contribution in [1.82, 2.24) is 15.0 Å². The number of methoxy groups -OCH3 is 1. The molecule has 0 aliphatic carbocycles. The van der Waals surface area contributed by atoms with Crippen LogP contribution in [0, 0.1) is 0 Å². The SMILES string of the molecule is COC(=O)CC(C)(C)n1ncc(-c2ccccc2)n1. The average Bonchev–Trinajstić information content (AvgIpc) is 2.89. The first-order valence-electron chi connectivity index (χ1n) is 6.08. The number of hydrogen-bond acceptors (Lipinski definition) is 4. The topological polar surface area (TPSA) is 57.0 Å². The largest absolute Gasteiger partial charge is 0.469 e. The Morgan fingerprint density at radius 1 is 1.32 bits per heavy atom. The molecule has 2 rings (SSSR count). The van der Waals surface area contributed by atoms with Crippen molar-refractivity contribution in [2.24, 2.45) is 0 Å². The van der Waals surface area contributed by atoms with E-state index in [9.17, 15) is 4.79 Å². The number of rotatable bonds is 4. The van der Waals surface area contributed by atoms with Crippen LogP contribution in [0.25, 0.3) is 11.3 Å². The Labute approximate surface area is 112 Å². The number of benzene rings is 1. The molecule has 5 heteroatoms. The third kappa shape index (κ3) is 2.99. The van der Waals surface area contributed by atoms with E-state index in [0.717, 1.165) is 11.3 Å². The van der Waals surface area contributed by atoms with Crippen molar-refractivity contribution in [3.05, 3.63) is 36.5 Å². The fourth-order valence-corrected chi connectivity index (χ4v) is 1.79. The molecular formula is C14H17N3O2. The fraction of sp³-hybridized carbons (Fsp3) is 0.357. The lowest BCUT2D eigenvalue weighted by atomic mass is 10.0. The lowest BCUT2D eigenvalue weighted by molar-refractivity contribution is -0.142. The molecule has 5 nitrogen and oxygen atoms in total. The van der Waals surface area contributed by atoms with Gasteiger partial charge in [-0.1, -0.05) is 30.3 Å². The second-order valence-electron chi connectivity index (χ2n) is 4.95. The van der Waals surface area contributed by atoms with Gasteiger partial charge in [0, 0.05) is 5.56 Å². The van der Waals surface area contributed by atoms with E-state index in [2.05, 4.69) is 10.2 Å². The van der Waals surface area contributed by atoms with Crippen molar-refractivity contribution in [3.63, 3.8) is 0 Å². The summed E-state index contributed by atoms with van der Waals surface area (Å²) in [6.45, 7) is 3.80. The van der Waals surface area contributed by atoms with E-state index in [4.69, 9.17) is 4.74 Å². The van der Waals surface area contributed by atoms with E-state index < -0.39 is 5.54 Å². The summed E-state index contributed by atoms with van der Waals surface area (Å²) in [6.07, 6.45) is 1.93. The number of nitrogens with zero attached hydrogens (tertiary/aromatic N) is 3. The smallest absolute Gasteiger partial charge is 0.308 e. The Balaban J connectivity index is 2.23. The summed E-state index contributed by atoms with van der Waals surface area (Å²) in [5, 5.41) is 8.69. The van der Waals surface area contributed by atoms with Gasteiger partial charge < -0.3 is 4.74 Å². The third-order valence-electron chi connectivity index (χ3n) is 2.91. The lowest BCUT2D eigenvalue weighted by Crippen LogP contribution is -2.32. The number of esters is 1. The summed E-state index contributed by atoms with van der Waals surface area (Å²) in [5.74, 6) is -0.274. The van der Waals surface area contributed by atoms with Crippen molar-refractivity contribution in [1.29, 1.82) is 0 Å². The molecule has 0 aliphatic heterocycles. The molecule has 2 aromatic rings. The van der Waals surface area contributed by atoms with Crippen LogP contribution in [0.15, 0.2) is 36.5 Å². The summed E-state index contributed by atoms with van der Waals surface area (Å²) in [5.41, 5.74) is 1.28. The number of carbonyl (C=O) groups is 1. The Hall–Kier alpha value is -2.17. The second kappa shape index (κ2) is 5.22. The molecule has 0 bridgehead atoms. The van der Waals surface area contributed by atoms with E-state index in [0.29, 0.717) is 0 Å². The first-order chi connectivity index (χ1) is 9.03. The van der Waals surface area contributed by atoms with Crippen molar-refractivity contribution in [2.45, 2.75) is 25.8 Å². The molecule has 1 aromatic heterocycles. The van der Waals surface area contributed by atoms with Crippen LogP contribution >= 0.6 is 0 Å². The first kappa shape index (κ1) is 13.3. The van der Waals surface area contributed by atoms with E-state index in [1.54, 1.807) is 11.0 Å². The van der Waals surface area contributed by atoms with Gasteiger partial charge in [-0.05, 0) is 13.8 Å². The van der Waals surface area contributed by atoms with Gasteiger partial charge in [-0.25, -0.2) is 0 Å². The average molecular weight is 259 g/mol. The highest BCUT2D eigenvalue weighted by atomic mass is 16.5. The Kier molecular flexibility index (Phi) is 3.64. The van der Waals surface area contributed by atoms with E-state index in [1.807, 2.05) is 44.2 Å². The molecule has 0 aliphatic rings. The molecule has 0 saturated carbocycles. The van der Waals surface area contributed by atoms with E-state index >= 15 is 0 Å². The summed E-state index contributed by atoms with van der Waals surface area (Å²) in [7, 11) is 1.38. The molecule has 0 radical (unpaired) electrons. The van der Waals surface area contributed by atoms with Crippen LogP contribution in [0.4, 0.5) is 0 Å². The normalized spacial score (nSPS) is 11.3. The van der Waals surface area contributed by atoms with Crippen LogP contribution in [-0.2, 0) is 15.1 Å². The predicted octanol–water partition coefficient (Wildman–Crippen LogP) is 2.24. The monoisotopic (exact) mass is 259 g/mol. The zero-order valence-corrected chi connectivity index (χ0v) is 11.3. The quantitative estimate of drug-likeness (QED) is 0.790. The van der Waals surface area contributed by atoms with Crippen LogP contribution in [0.5, 0.6) is 0 Å². The second-order valence-corrected chi connectivity index (χ2v) is 4.95. The maximum absolute atomic E-state index is 11.4. The molecule has 1 aromatic carbocycles. The van der Waals surface area contributed by atoms with Crippen molar-refractivity contribution in [2.75, 3.05) is 7.11 Å². The van der Waals surface area contributed by atoms with Crippen molar-refractivity contribution in [3.8, 4) is 11.3 Å². The molecule has 0 atom stereocenters. The Morgan fingerprint density at radius 3 is 2.63 bits per heavy atom. The van der Waals surface area contributed by atoms with Crippen molar-refractivity contribution < 1.29 is 9.53 Å². The van der Waals surface area contributed by atoms with E-state index in [1.165, 1.54) is 7.11 Å². The molecule has 0 N–H and O–H groups in total. The fourth-order valence-electron chi connectivity index (χ4n) is 1.79. The Bertz CT molecular complexity index is 561. The molecule has 1 heterocycles. The summed E-state index contributed by atoms with van der Waals surface area (Å²) >= 11 is 0. The van der Waals surface area contributed by atoms with Gasteiger partial charge in [0.05, 0.1) is 25.3 Å². The zero-order chi connectivity index (χ0) is 13.9. The number of aromatic nitrogens is 3. The van der Waals surface area contributed by atoms with Crippen LogP contribution in [0.3, 0.4) is 0 Å². The molecule has 0 spiro atoms. The van der Waals surface area contributed by atoms with Gasteiger partial charge in [0.25, 0.3) is 0 Å². The lowest BCUT2D eigenvalue weighted by Gasteiger charge is -2.21. The molecule has 0 unspecified atom stereocenters. The van der Waals surface area contributed by atoms with Gasteiger partial charge >= 0.3 is 5.97 Å². The van der Waals surface area contributed by atoms with Gasteiger partial charge in [-0.15, -0.1) is 0 Å². The van der Waals surface area contributed by atoms with Crippen molar-refractivity contribution >= 4 is 5.97 Å². The predicted molar refractivity (Wildman–Crippen MR) is 71.4 cm³/mol. The van der Waals surface area contributed by atoms with Gasteiger partial charge in [0.15, 0.2) is 0 Å². The van der Waals surface area contributed by atoms with Gasteiger partial charge in [0.1, 0.15) is 5.69 Å². The molecule has 0 amide bonds. The van der Waals surface area contributed by atoms with Crippen LogP contribution in [0.2, 0.25) is 0 Å². The highest BCUT2D eigenvalue weighted by Gasteiger charge is 2.27. The van der Waals surface area contributed by atoms with Gasteiger partial charge in [-0.2, -0.15) is 15.0 Å². The molecular weight excluding hydrogens is 242 g/mol. The summed E-state index contributed by atoms with van der Waals surface area (Å²) in [4.78, 5) is 12.9. The molecule has 19 heavy (non-hydrogen) atoms. The first-order valence-corrected chi connectivity index (χ1v) is 6.08. The van der Waals surface area contributed by atoms with E-state index in [-0.39, 0.29) is 12.4 Å². The highest BCUT2D eigenvalue weighted by Crippen LogP contribution is 2.21. The maximum Gasteiger partial charge on any atom is 0.308 e. The van der Waals surface area contributed by atoms with Crippen LogP contribution < -0.4 is 0 Å².